The van der Waals surface area contributed by atoms with E-state index in [1.807, 2.05) is 4.90 Å². The van der Waals surface area contributed by atoms with E-state index in [1.165, 1.54) is 0 Å². The summed E-state index contributed by atoms with van der Waals surface area (Å²) >= 11 is 0. The van der Waals surface area contributed by atoms with Crippen molar-refractivity contribution in [2.24, 2.45) is 0 Å². The lowest BCUT2D eigenvalue weighted by Crippen LogP contribution is -2.51. The van der Waals surface area contributed by atoms with Crippen LogP contribution in [0.4, 0.5) is 0 Å². The van der Waals surface area contributed by atoms with E-state index in [9.17, 15) is 9.59 Å². The van der Waals surface area contributed by atoms with Gasteiger partial charge in [-0.1, -0.05) is 13.3 Å². The van der Waals surface area contributed by atoms with Crippen LogP contribution in [0.25, 0.3) is 0 Å². The molecule has 26 heavy (non-hydrogen) atoms. The SMILES string of the molecule is CCCCNC(=O)CN1CCN(C(=O)c2ccc(OC)c(OC)c2)CC1. The predicted molar refractivity (Wildman–Crippen MR) is 99.8 cm³/mol. The third-order valence-electron chi connectivity index (χ3n) is 4.51. The van der Waals surface area contributed by atoms with E-state index in [0.29, 0.717) is 49.8 Å². The van der Waals surface area contributed by atoms with Gasteiger partial charge in [-0.3, -0.25) is 14.5 Å². The van der Waals surface area contributed by atoms with Gasteiger partial charge in [-0.15, -0.1) is 0 Å². The third kappa shape index (κ3) is 5.36. The molecular formula is C19H29N3O4. The molecule has 0 aromatic heterocycles. The summed E-state index contributed by atoms with van der Waals surface area (Å²) in [4.78, 5) is 28.5. The number of amides is 2. The van der Waals surface area contributed by atoms with Crippen LogP contribution in [0.3, 0.4) is 0 Å². The molecule has 1 saturated heterocycles. The molecule has 0 spiro atoms. The highest BCUT2D eigenvalue weighted by molar-refractivity contribution is 5.95. The van der Waals surface area contributed by atoms with Crippen molar-refractivity contribution in [2.45, 2.75) is 19.8 Å². The molecule has 1 N–H and O–H groups in total. The van der Waals surface area contributed by atoms with Crippen molar-refractivity contribution >= 4 is 11.8 Å². The smallest absolute Gasteiger partial charge is 0.254 e. The molecule has 1 fully saturated rings. The number of rotatable bonds is 8. The van der Waals surface area contributed by atoms with E-state index in [2.05, 4.69) is 17.1 Å². The second-order valence-corrected chi connectivity index (χ2v) is 6.34. The molecule has 0 aliphatic carbocycles. The molecule has 144 valence electrons. The van der Waals surface area contributed by atoms with Crippen LogP contribution in [-0.4, -0.2) is 75.1 Å². The van der Waals surface area contributed by atoms with Gasteiger partial charge in [0.2, 0.25) is 5.91 Å². The second kappa shape index (κ2) is 10.0. The first kappa shape index (κ1) is 20.0. The van der Waals surface area contributed by atoms with Crippen LogP contribution in [0.1, 0.15) is 30.1 Å². The molecule has 7 nitrogen and oxygen atoms in total. The second-order valence-electron chi connectivity index (χ2n) is 6.34. The van der Waals surface area contributed by atoms with Gasteiger partial charge >= 0.3 is 0 Å². The largest absolute Gasteiger partial charge is 0.493 e. The van der Waals surface area contributed by atoms with Crippen molar-refractivity contribution in [1.29, 1.82) is 0 Å². The normalized spacial score (nSPS) is 14.8. The minimum Gasteiger partial charge on any atom is -0.493 e. The molecule has 0 bridgehead atoms. The van der Waals surface area contributed by atoms with Crippen molar-refractivity contribution in [1.82, 2.24) is 15.1 Å². The van der Waals surface area contributed by atoms with E-state index in [-0.39, 0.29) is 11.8 Å². The topological polar surface area (TPSA) is 71.1 Å². The Hall–Kier alpha value is -2.28. The quantitative estimate of drug-likeness (QED) is 0.707. The highest BCUT2D eigenvalue weighted by Gasteiger charge is 2.24. The van der Waals surface area contributed by atoms with Crippen LogP contribution in [0.15, 0.2) is 18.2 Å². The van der Waals surface area contributed by atoms with Crippen LogP contribution in [0.2, 0.25) is 0 Å². The summed E-state index contributed by atoms with van der Waals surface area (Å²) in [6.07, 6.45) is 2.07. The average Bonchev–Trinajstić information content (AvgIpc) is 2.67. The van der Waals surface area contributed by atoms with Gasteiger partial charge in [0.1, 0.15) is 0 Å². The zero-order chi connectivity index (χ0) is 18.9. The Labute approximate surface area is 155 Å². The molecular weight excluding hydrogens is 334 g/mol. The minimum absolute atomic E-state index is 0.0296. The number of methoxy groups -OCH3 is 2. The molecule has 2 amide bonds. The number of carbonyl (C=O) groups is 2. The minimum atomic E-state index is -0.0296. The molecule has 7 heteroatoms. The summed E-state index contributed by atoms with van der Waals surface area (Å²) in [6.45, 7) is 5.82. The number of benzene rings is 1. The first-order valence-electron chi connectivity index (χ1n) is 9.09. The van der Waals surface area contributed by atoms with E-state index < -0.39 is 0 Å². The Bertz CT molecular complexity index is 613. The Morgan fingerprint density at radius 1 is 1.08 bits per heavy atom. The summed E-state index contributed by atoms with van der Waals surface area (Å²) < 4.78 is 10.5. The molecule has 1 aromatic rings. The van der Waals surface area contributed by atoms with Crippen molar-refractivity contribution in [3.05, 3.63) is 23.8 Å². The molecule has 1 aliphatic rings. The van der Waals surface area contributed by atoms with Crippen molar-refractivity contribution in [2.75, 3.05) is 53.5 Å². The highest BCUT2D eigenvalue weighted by Crippen LogP contribution is 2.28. The van der Waals surface area contributed by atoms with Gasteiger partial charge in [0.25, 0.3) is 5.91 Å². The van der Waals surface area contributed by atoms with Crippen LogP contribution in [0.5, 0.6) is 11.5 Å². The monoisotopic (exact) mass is 363 g/mol. The maximum Gasteiger partial charge on any atom is 0.254 e. The van der Waals surface area contributed by atoms with Crippen molar-refractivity contribution in [3.8, 4) is 11.5 Å². The van der Waals surface area contributed by atoms with Gasteiger partial charge < -0.3 is 19.7 Å². The van der Waals surface area contributed by atoms with Crippen LogP contribution >= 0.6 is 0 Å². The number of hydrogen-bond acceptors (Lipinski definition) is 5. The van der Waals surface area contributed by atoms with E-state index in [1.54, 1.807) is 32.4 Å². The molecule has 1 aliphatic heterocycles. The number of hydrogen-bond donors (Lipinski definition) is 1. The van der Waals surface area contributed by atoms with Gasteiger partial charge in [0.15, 0.2) is 11.5 Å². The zero-order valence-electron chi connectivity index (χ0n) is 15.9. The van der Waals surface area contributed by atoms with Gasteiger partial charge in [-0.05, 0) is 24.6 Å². The summed E-state index contributed by atoms with van der Waals surface area (Å²) in [5.74, 6) is 1.17. The van der Waals surface area contributed by atoms with Gasteiger partial charge in [0, 0.05) is 38.3 Å². The average molecular weight is 363 g/mol. The zero-order valence-corrected chi connectivity index (χ0v) is 15.9. The summed E-state index contributed by atoms with van der Waals surface area (Å²) in [6, 6.07) is 5.19. The Morgan fingerprint density at radius 3 is 2.38 bits per heavy atom. The molecule has 1 aromatic carbocycles. The summed E-state index contributed by atoms with van der Waals surface area (Å²) in [5.41, 5.74) is 0.577. The maximum atomic E-state index is 12.7. The first-order chi connectivity index (χ1) is 12.6. The fraction of sp³-hybridized carbons (Fsp3) is 0.579. The fourth-order valence-electron chi connectivity index (χ4n) is 2.92. The number of nitrogens with one attached hydrogen (secondary N) is 1. The van der Waals surface area contributed by atoms with Crippen LogP contribution in [0, 0.1) is 0 Å². The predicted octanol–water partition coefficient (Wildman–Crippen LogP) is 1.38. The van der Waals surface area contributed by atoms with Gasteiger partial charge in [0.05, 0.1) is 20.8 Å². The van der Waals surface area contributed by atoms with Crippen molar-refractivity contribution < 1.29 is 19.1 Å². The lowest BCUT2D eigenvalue weighted by molar-refractivity contribution is -0.122. The Kier molecular flexibility index (Phi) is 7.72. The first-order valence-corrected chi connectivity index (χ1v) is 9.09. The molecule has 1 heterocycles. The lowest BCUT2D eigenvalue weighted by Gasteiger charge is -2.34. The Morgan fingerprint density at radius 2 is 1.77 bits per heavy atom. The third-order valence-corrected chi connectivity index (χ3v) is 4.51. The molecule has 0 atom stereocenters. The van der Waals surface area contributed by atoms with E-state index >= 15 is 0 Å². The number of piperazine rings is 1. The van der Waals surface area contributed by atoms with Crippen molar-refractivity contribution in [3.63, 3.8) is 0 Å². The number of carbonyl (C=O) groups excluding carboxylic acids is 2. The fourth-order valence-corrected chi connectivity index (χ4v) is 2.92. The molecule has 0 unspecified atom stereocenters. The maximum absolute atomic E-state index is 12.7. The van der Waals surface area contributed by atoms with Gasteiger partial charge in [-0.25, -0.2) is 0 Å². The number of unbranched alkanes of at least 4 members (excludes halogenated alkanes) is 1. The molecule has 0 saturated carbocycles. The highest BCUT2D eigenvalue weighted by atomic mass is 16.5. The Balaban J connectivity index is 1.85. The van der Waals surface area contributed by atoms with E-state index in [4.69, 9.17) is 9.47 Å². The number of nitrogens with zero attached hydrogens (tertiary/aromatic N) is 2. The standard InChI is InChI=1S/C19H29N3O4/c1-4-5-8-20-18(23)14-21-9-11-22(12-10-21)19(24)15-6-7-16(25-2)17(13-15)26-3/h6-7,13H,4-5,8-12,14H2,1-3H3,(H,20,23). The molecule has 2 rings (SSSR count). The molecule has 0 radical (unpaired) electrons. The van der Waals surface area contributed by atoms with Gasteiger partial charge in [-0.2, -0.15) is 0 Å². The lowest BCUT2D eigenvalue weighted by atomic mass is 10.1. The summed E-state index contributed by atoms with van der Waals surface area (Å²) in [7, 11) is 3.12. The van der Waals surface area contributed by atoms with Crippen LogP contribution < -0.4 is 14.8 Å². The van der Waals surface area contributed by atoms with Crippen LogP contribution in [-0.2, 0) is 4.79 Å². The van der Waals surface area contributed by atoms with E-state index in [0.717, 1.165) is 19.4 Å². The summed E-state index contributed by atoms with van der Waals surface area (Å²) in [5, 5.41) is 2.93. The number of ether oxygens (including phenoxy) is 2.